The van der Waals surface area contributed by atoms with Gasteiger partial charge in [-0.05, 0) is 189 Å². The van der Waals surface area contributed by atoms with Crippen LogP contribution in [0.3, 0.4) is 0 Å². The van der Waals surface area contributed by atoms with Crippen LogP contribution < -0.4 is 19.6 Å². The Hall–Kier alpha value is -5.68. The van der Waals surface area contributed by atoms with Crippen LogP contribution in [0.4, 0.5) is 22.7 Å². The van der Waals surface area contributed by atoms with Crippen LogP contribution in [0.25, 0.3) is 17.0 Å². The molecule has 0 saturated heterocycles. The number of para-hydroxylation sites is 5. The average Bonchev–Trinajstić information content (AvgIpc) is 4.27. The van der Waals surface area contributed by atoms with Crippen LogP contribution in [-0.2, 0) is 19.3 Å². The molecule has 0 radical (unpaired) electrons. The lowest BCUT2D eigenvalue weighted by Gasteiger charge is -2.34. The molecule has 87 heavy (non-hydrogen) atoms. The Labute approximate surface area is 543 Å². The Kier molecular flexibility index (Phi) is 48.7. The number of aryl methyl sites for hydroxylation is 1. The quantitative estimate of drug-likeness (QED) is 0.171. The molecule has 0 spiro atoms. The lowest BCUT2D eigenvalue weighted by atomic mass is 10.0. The van der Waals surface area contributed by atoms with Crippen LogP contribution >= 0.6 is 0 Å². The zero-order chi connectivity index (χ0) is 62.8. The third kappa shape index (κ3) is 35.8. The van der Waals surface area contributed by atoms with E-state index in [0.29, 0.717) is 30.2 Å². The van der Waals surface area contributed by atoms with Crippen molar-refractivity contribution in [3.63, 3.8) is 0 Å². The number of anilines is 4. The lowest BCUT2D eigenvalue weighted by Crippen LogP contribution is -2.35. The van der Waals surface area contributed by atoms with Gasteiger partial charge in [0.05, 0.1) is 0 Å². The minimum atomic E-state index is 0. The molecule has 494 valence electrons. The van der Waals surface area contributed by atoms with Crippen LogP contribution in [0.5, 0.6) is 0 Å². The number of aromatic nitrogens is 1. The third-order valence-corrected chi connectivity index (χ3v) is 12.4. The predicted molar refractivity (Wildman–Crippen MR) is 407 cm³/mol. The van der Waals surface area contributed by atoms with Gasteiger partial charge in [0.1, 0.15) is 0 Å². The van der Waals surface area contributed by atoms with Crippen molar-refractivity contribution in [3.8, 4) is 0 Å². The largest absolute Gasteiger partial charge is 0.369 e. The maximum absolute atomic E-state index is 2.50. The molecule has 0 unspecified atom stereocenters. The fourth-order valence-corrected chi connectivity index (χ4v) is 9.08. The van der Waals surface area contributed by atoms with Gasteiger partial charge < -0.3 is 24.2 Å². The SMILES string of the molecule is C.C.C.C.CC(C)C.CC(C)C.CC(C)C.CC(C)C.CC(C)C.CC(C)N1C=CCc2ccccc21.CC(C)N1CC=Cc2ccccc21.CC(C)N1CCCc2ccccc21.CC(C)N1CCc2ccccc21.CC(C)n1ccc2ccccc21. The lowest BCUT2D eigenvalue weighted by molar-refractivity contribution is 0.623. The first kappa shape index (κ1) is 87.8. The second-order valence-corrected chi connectivity index (χ2v) is 27.1. The van der Waals surface area contributed by atoms with Crippen molar-refractivity contribution in [2.24, 2.45) is 29.6 Å². The number of hydrogen-bond acceptors (Lipinski definition) is 4. The van der Waals surface area contributed by atoms with E-state index in [1.807, 2.05) is 0 Å². The summed E-state index contributed by atoms with van der Waals surface area (Å²) in [5, 5.41) is 1.33. The topological polar surface area (TPSA) is 17.9 Å². The second-order valence-electron chi connectivity index (χ2n) is 27.1. The van der Waals surface area contributed by atoms with E-state index in [2.05, 4.69) is 355 Å². The molecule has 0 aliphatic carbocycles. The van der Waals surface area contributed by atoms with Crippen molar-refractivity contribution in [2.75, 3.05) is 39.2 Å². The van der Waals surface area contributed by atoms with E-state index < -0.39 is 0 Å². The number of rotatable bonds is 5. The molecule has 4 aliphatic rings. The van der Waals surface area contributed by atoms with Gasteiger partial charge in [0.25, 0.3) is 0 Å². The summed E-state index contributed by atoms with van der Waals surface area (Å²) in [6, 6.07) is 48.2. The molecule has 5 nitrogen and oxygen atoms in total. The monoisotopic (exact) mass is 1200 g/mol. The van der Waals surface area contributed by atoms with Crippen LogP contribution in [0.2, 0.25) is 0 Å². The zero-order valence-electron chi connectivity index (χ0n) is 58.0. The standard InChI is InChI=1S/C12H17N.2C12H15N.C11H15N.C11H13N.5C4H10.4CH4/c3*1-10(2)13-9-5-7-11-6-3-4-8-12(11)13;2*1-9(2)12-8-7-10-5-3-4-6-11(10)12;5*1-4(2)3;;;;/h3-4,6,8,10H,5,7,9H2,1-2H3;3-6,8-10H,7H2,1-2H3;3-8,10H,9H2,1-2H3;3-6,9H,7-8H2,1-2H3;3-9H,1-2H3;5*4H,1-3H3;4*1H4. The highest BCUT2D eigenvalue weighted by Gasteiger charge is 2.21. The van der Waals surface area contributed by atoms with Gasteiger partial charge >= 0.3 is 0 Å². The average molecular weight is 1200 g/mol. The van der Waals surface area contributed by atoms with Crippen molar-refractivity contribution in [1.82, 2.24) is 4.57 Å². The summed E-state index contributed by atoms with van der Waals surface area (Å²) >= 11 is 0. The molecule has 0 amide bonds. The molecule has 5 heteroatoms. The van der Waals surface area contributed by atoms with Gasteiger partial charge in [-0.2, -0.15) is 0 Å². The van der Waals surface area contributed by atoms with Crippen molar-refractivity contribution >= 4 is 39.7 Å². The second kappa shape index (κ2) is 48.3. The van der Waals surface area contributed by atoms with Gasteiger partial charge in [0, 0.05) is 90.5 Å². The normalized spacial score (nSPS) is 12.6. The fraction of sp³-hybridized carbons (Fsp3) is 0.561. The van der Waals surface area contributed by atoms with Crippen molar-refractivity contribution in [3.05, 3.63) is 174 Å². The fourth-order valence-electron chi connectivity index (χ4n) is 9.08. The molecule has 4 aliphatic heterocycles. The van der Waals surface area contributed by atoms with E-state index in [9.17, 15) is 0 Å². The van der Waals surface area contributed by atoms with Crippen LogP contribution in [-0.4, -0.2) is 48.4 Å². The van der Waals surface area contributed by atoms with E-state index in [4.69, 9.17) is 0 Å². The Morgan fingerprint density at radius 2 is 0.724 bits per heavy atom. The van der Waals surface area contributed by atoms with Crippen LogP contribution in [0.1, 0.15) is 238 Å². The molecule has 5 aromatic carbocycles. The Morgan fingerprint density at radius 3 is 1.18 bits per heavy atom. The minimum absolute atomic E-state index is 0. The molecular weight excluding hydrogens is 1050 g/mol. The van der Waals surface area contributed by atoms with E-state index in [1.165, 1.54) is 88.3 Å². The molecule has 0 saturated carbocycles. The number of allylic oxidation sites excluding steroid dienone is 1. The van der Waals surface area contributed by atoms with Gasteiger partial charge in [-0.25, -0.2) is 0 Å². The zero-order valence-corrected chi connectivity index (χ0v) is 58.0. The number of nitrogens with zero attached hydrogens (tertiary/aromatic N) is 5. The van der Waals surface area contributed by atoms with E-state index in [-0.39, 0.29) is 29.7 Å². The maximum atomic E-state index is 2.50. The van der Waals surface area contributed by atoms with Gasteiger partial charge in [0.2, 0.25) is 0 Å². The summed E-state index contributed by atoms with van der Waals surface area (Å²) in [6.45, 7) is 58.3. The molecule has 5 heterocycles. The molecular formula is C82H141N5. The molecule has 0 atom stereocenters. The Balaban J connectivity index is -0.000000454. The maximum Gasteiger partial charge on any atom is 0.0482 e. The summed E-state index contributed by atoms with van der Waals surface area (Å²) in [5.41, 5.74) is 12.7. The summed E-state index contributed by atoms with van der Waals surface area (Å²) in [6.07, 6.45) is 15.8. The molecule has 0 fully saturated rings. The summed E-state index contributed by atoms with van der Waals surface area (Å²) in [5.74, 6) is 4.17. The molecule has 0 N–H and O–H groups in total. The molecule has 6 aromatic rings. The van der Waals surface area contributed by atoms with Crippen LogP contribution in [0, 0.1) is 29.6 Å². The Morgan fingerprint density at radius 1 is 0.333 bits per heavy atom. The number of benzene rings is 5. The first-order chi connectivity index (χ1) is 39.1. The van der Waals surface area contributed by atoms with E-state index in [1.54, 1.807) is 0 Å². The minimum Gasteiger partial charge on any atom is -0.369 e. The first-order valence-electron chi connectivity index (χ1n) is 32.4. The van der Waals surface area contributed by atoms with Gasteiger partial charge in [-0.15, -0.1) is 0 Å². The third-order valence-electron chi connectivity index (χ3n) is 12.4. The van der Waals surface area contributed by atoms with Gasteiger partial charge in [0.15, 0.2) is 0 Å². The van der Waals surface area contributed by atoms with Crippen molar-refractivity contribution < 1.29 is 0 Å². The van der Waals surface area contributed by atoms with E-state index in [0.717, 1.165) is 42.6 Å². The summed E-state index contributed by atoms with van der Waals surface area (Å²) < 4.78 is 2.29. The number of hydrogen-bond donors (Lipinski definition) is 0. The highest BCUT2D eigenvalue weighted by molar-refractivity contribution is 5.80. The first-order valence-corrected chi connectivity index (χ1v) is 32.4. The van der Waals surface area contributed by atoms with E-state index >= 15 is 0 Å². The molecule has 1 aromatic heterocycles. The van der Waals surface area contributed by atoms with Crippen molar-refractivity contribution in [1.29, 1.82) is 0 Å². The van der Waals surface area contributed by atoms with Crippen molar-refractivity contribution in [2.45, 2.75) is 259 Å². The summed E-state index contributed by atoms with van der Waals surface area (Å²) in [4.78, 5) is 9.70. The highest BCUT2D eigenvalue weighted by atomic mass is 15.2. The summed E-state index contributed by atoms with van der Waals surface area (Å²) in [7, 11) is 0. The Bertz CT molecular complexity index is 2590. The highest BCUT2D eigenvalue weighted by Crippen LogP contribution is 2.31. The molecule has 0 bridgehead atoms. The smallest absolute Gasteiger partial charge is 0.0482 e. The molecule has 10 rings (SSSR count). The van der Waals surface area contributed by atoms with Gasteiger partial charge in [-0.1, -0.05) is 243 Å². The van der Waals surface area contributed by atoms with Gasteiger partial charge in [-0.3, -0.25) is 0 Å². The van der Waals surface area contributed by atoms with Crippen LogP contribution in [0.15, 0.2) is 152 Å². The predicted octanol–water partition coefficient (Wildman–Crippen LogP) is 25.3. The number of fused-ring (bicyclic) bond motifs is 5.